The molecule has 3 N–H and O–H groups in total. The normalized spacial score (nSPS) is 36.0. The van der Waals surface area contributed by atoms with Crippen molar-refractivity contribution in [1.29, 1.82) is 0 Å². The number of methoxy groups -OCH3 is 1. The highest BCUT2D eigenvalue weighted by Gasteiger charge is 2.55. The van der Waals surface area contributed by atoms with Crippen molar-refractivity contribution >= 4 is 22.7 Å². The zero-order chi connectivity index (χ0) is 17.2. The third-order valence-electron chi connectivity index (χ3n) is 6.78. The Kier molecular flexibility index (Phi) is 3.17. The summed E-state index contributed by atoms with van der Waals surface area (Å²) < 4.78 is 5.93. The molecule has 0 aliphatic heterocycles. The van der Waals surface area contributed by atoms with Crippen molar-refractivity contribution in [3.05, 3.63) is 24.0 Å². The highest BCUT2D eigenvalue weighted by molar-refractivity contribution is 6.03. The van der Waals surface area contributed by atoms with Crippen molar-refractivity contribution < 1.29 is 14.6 Å². The molecule has 6 heteroatoms. The first-order valence-electron chi connectivity index (χ1n) is 9.10. The van der Waals surface area contributed by atoms with Crippen LogP contribution in [-0.4, -0.2) is 39.8 Å². The number of ether oxygens (including phenoxy) is 1. The first kappa shape index (κ1) is 15.2. The van der Waals surface area contributed by atoms with E-state index in [-0.39, 0.29) is 11.2 Å². The lowest BCUT2D eigenvalue weighted by Crippen LogP contribution is -2.59. The first-order chi connectivity index (χ1) is 12.1. The van der Waals surface area contributed by atoms with Crippen LogP contribution in [0.25, 0.3) is 11.0 Å². The minimum atomic E-state index is -0.935. The summed E-state index contributed by atoms with van der Waals surface area (Å²) in [6.45, 7) is 0. The summed E-state index contributed by atoms with van der Waals surface area (Å²) in [4.78, 5) is 19.0. The van der Waals surface area contributed by atoms with Gasteiger partial charge in [-0.3, -0.25) is 0 Å². The van der Waals surface area contributed by atoms with Gasteiger partial charge in [0.05, 0.1) is 11.3 Å². The number of aromatic amines is 1. The number of anilines is 1. The molecule has 5 atom stereocenters. The van der Waals surface area contributed by atoms with E-state index in [0.29, 0.717) is 23.6 Å². The van der Waals surface area contributed by atoms with Gasteiger partial charge in [-0.15, -0.1) is 0 Å². The predicted octanol–water partition coefficient (Wildman–Crippen LogP) is 3.27. The molecule has 0 saturated heterocycles. The molecule has 0 spiro atoms. The summed E-state index contributed by atoms with van der Waals surface area (Å²) >= 11 is 0. The Labute approximate surface area is 146 Å². The van der Waals surface area contributed by atoms with Crippen LogP contribution in [0.3, 0.4) is 0 Å². The Bertz CT molecular complexity index is 830. The zero-order valence-electron chi connectivity index (χ0n) is 14.3. The lowest BCUT2D eigenvalue weighted by Gasteiger charge is -2.59. The fraction of sp³-hybridized carbons (Fsp3) is 0.579. The molecule has 4 fully saturated rings. The van der Waals surface area contributed by atoms with Crippen LogP contribution in [-0.2, 0) is 4.74 Å². The average Bonchev–Trinajstić information content (AvgIpc) is 3.06. The second-order valence-electron chi connectivity index (χ2n) is 8.12. The predicted molar refractivity (Wildman–Crippen MR) is 93.8 cm³/mol. The minimum absolute atomic E-state index is 0.0615. The number of hydrogen-bond donors (Lipinski definition) is 3. The fourth-order valence-electron chi connectivity index (χ4n) is 5.93. The molecule has 0 aromatic carbocycles. The quantitative estimate of drug-likeness (QED) is 0.794. The van der Waals surface area contributed by atoms with E-state index in [1.165, 1.54) is 25.5 Å². The summed E-state index contributed by atoms with van der Waals surface area (Å²) in [6.07, 6.45) is 9.07. The van der Waals surface area contributed by atoms with Crippen LogP contribution in [0.15, 0.2) is 18.5 Å². The van der Waals surface area contributed by atoms with Crippen LogP contribution in [0.5, 0.6) is 0 Å². The molecule has 1 unspecified atom stereocenters. The van der Waals surface area contributed by atoms with Gasteiger partial charge in [-0.2, -0.15) is 0 Å². The number of hydrogen-bond acceptors (Lipinski definition) is 4. The van der Waals surface area contributed by atoms with Crippen molar-refractivity contribution in [1.82, 2.24) is 9.97 Å². The maximum absolute atomic E-state index is 11.7. The van der Waals surface area contributed by atoms with E-state index in [4.69, 9.17) is 4.74 Å². The fourth-order valence-corrected chi connectivity index (χ4v) is 5.93. The van der Waals surface area contributed by atoms with Crippen LogP contribution >= 0.6 is 0 Å². The molecular weight excluding hydrogens is 318 g/mol. The maximum Gasteiger partial charge on any atom is 0.339 e. The van der Waals surface area contributed by atoms with Crippen molar-refractivity contribution in [2.45, 2.75) is 43.7 Å². The SMILES string of the molecule is CO[C@@]12CC3C[C@H](C1)[C@H](Nc1c(C(=O)O)cnc4[nH]ccc14)[C@@H](C3)C2. The van der Waals surface area contributed by atoms with Gasteiger partial charge in [-0.1, -0.05) is 0 Å². The number of rotatable bonds is 4. The van der Waals surface area contributed by atoms with E-state index in [2.05, 4.69) is 15.3 Å². The van der Waals surface area contributed by atoms with E-state index in [1.807, 2.05) is 19.4 Å². The Morgan fingerprint density at radius 3 is 2.80 bits per heavy atom. The number of fused-ring (bicyclic) bond motifs is 1. The lowest BCUT2D eigenvalue weighted by molar-refractivity contribution is -0.149. The number of nitrogens with zero attached hydrogens (tertiary/aromatic N) is 1. The number of H-pyrrole nitrogens is 1. The largest absolute Gasteiger partial charge is 0.478 e. The van der Waals surface area contributed by atoms with Gasteiger partial charge >= 0.3 is 5.97 Å². The molecule has 25 heavy (non-hydrogen) atoms. The van der Waals surface area contributed by atoms with Crippen LogP contribution in [0, 0.1) is 17.8 Å². The molecule has 4 saturated carbocycles. The zero-order valence-corrected chi connectivity index (χ0v) is 14.3. The summed E-state index contributed by atoms with van der Waals surface area (Å²) in [7, 11) is 1.85. The summed E-state index contributed by atoms with van der Waals surface area (Å²) in [6, 6.07) is 2.22. The summed E-state index contributed by atoms with van der Waals surface area (Å²) in [5, 5.41) is 14.1. The number of carboxylic acids is 1. The van der Waals surface area contributed by atoms with Crippen molar-refractivity contribution in [2.24, 2.45) is 17.8 Å². The molecule has 4 aliphatic carbocycles. The molecule has 132 valence electrons. The van der Waals surface area contributed by atoms with Gasteiger partial charge in [0.15, 0.2) is 0 Å². The van der Waals surface area contributed by atoms with Crippen LogP contribution < -0.4 is 5.32 Å². The molecule has 6 rings (SSSR count). The molecule has 4 bridgehead atoms. The Balaban J connectivity index is 1.52. The molecule has 0 radical (unpaired) electrons. The van der Waals surface area contributed by atoms with Crippen LogP contribution in [0.2, 0.25) is 0 Å². The Morgan fingerprint density at radius 1 is 1.36 bits per heavy atom. The number of nitrogens with one attached hydrogen (secondary N) is 2. The van der Waals surface area contributed by atoms with Gasteiger partial charge in [0.1, 0.15) is 11.2 Å². The summed E-state index contributed by atoms with van der Waals surface area (Å²) in [5.41, 5.74) is 1.75. The van der Waals surface area contributed by atoms with Gasteiger partial charge in [-0.25, -0.2) is 9.78 Å². The number of aromatic carboxylic acids is 1. The monoisotopic (exact) mass is 341 g/mol. The molecule has 6 nitrogen and oxygen atoms in total. The van der Waals surface area contributed by atoms with Gasteiger partial charge in [-0.05, 0) is 55.9 Å². The van der Waals surface area contributed by atoms with E-state index in [1.54, 1.807) is 0 Å². The van der Waals surface area contributed by atoms with Crippen molar-refractivity contribution in [2.75, 3.05) is 12.4 Å². The topological polar surface area (TPSA) is 87.2 Å². The maximum atomic E-state index is 11.7. The molecule has 0 amide bonds. The number of aromatic nitrogens is 2. The molecule has 4 aliphatic rings. The van der Waals surface area contributed by atoms with Gasteiger partial charge < -0.3 is 20.1 Å². The smallest absolute Gasteiger partial charge is 0.339 e. The van der Waals surface area contributed by atoms with Crippen molar-refractivity contribution in [3.8, 4) is 0 Å². The number of pyridine rings is 1. The minimum Gasteiger partial charge on any atom is -0.478 e. The lowest BCUT2D eigenvalue weighted by atomic mass is 9.52. The average molecular weight is 341 g/mol. The van der Waals surface area contributed by atoms with Crippen LogP contribution in [0.1, 0.15) is 42.5 Å². The van der Waals surface area contributed by atoms with Gasteiger partial charge in [0, 0.05) is 30.9 Å². The molecular formula is C19H23N3O3. The van der Waals surface area contributed by atoms with Crippen molar-refractivity contribution in [3.63, 3.8) is 0 Å². The third-order valence-corrected chi connectivity index (χ3v) is 6.78. The Morgan fingerprint density at radius 2 is 2.12 bits per heavy atom. The van der Waals surface area contributed by atoms with Gasteiger partial charge in [0.25, 0.3) is 0 Å². The van der Waals surface area contributed by atoms with Gasteiger partial charge in [0.2, 0.25) is 0 Å². The first-order valence-corrected chi connectivity index (χ1v) is 9.10. The molecule has 2 aromatic heterocycles. The number of carboxylic acid groups (broad SMARTS) is 1. The van der Waals surface area contributed by atoms with E-state index < -0.39 is 5.97 Å². The van der Waals surface area contributed by atoms with Crippen LogP contribution in [0.4, 0.5) is 5.69 Å². The number of carbonyl (C=O) groups is 1. The third kappa shape index (κ3) is 2.20. The second kappa shape index (κ2) is 5.21. The molecule has 2 aromatic rings. The van der Waals surface area contributed by atoms with E-state index in [9.17, 15) is 9.90 Å². The second-order valence-corrected chi connectivity index (χ2v) is 8.12. The standard InChI is InChI=1S/C19H23N3O3/c1-25-19-6-10-4-11(7-19)15(12(5-10)8-19)22-16-13-2-3-20-17(13)21-9-14(16)18(23)24/h2-3,9-12,15H,4-8H2,1H3,(H,23,24)(H2,20,21,22)/t10?,11-,12+,15+,19+. The molecule has 2 heterocycles. The highest BCUT2D eigenvalue weighted by Crippen LogP contribution is 2.57. The van der Waals surface area contributed by atoms with E-state index in [0.717, 1.165) is 29.8 Å². The summed E-state index contributed by atoms with van der Waals surface area (Å²) in [5.74, 6) is 0.930. The Hall–Kier alpha value is -2.08. The highest BCUT2D eigenvalue weighted by atomic mass is 16.5. The van der Waals surface area contributed by atoms with E-state index >= 15 is 0 Å².